The molecule has 210 valence electrons. The second-order valence-corrected chi connectivity index (χ2v) is 12.4. The predicted octanol–water partition coefficient (Wildman–Crippen LogP) is 3.42. The first-order valence-corrected chi connectivity index (χ1v) is 14.7. The lowest BCUT2D eigenvalue weighted by Gasteiger charge is -2.23. The van der Waals surface area contributed by atoms with Gasteiger partial charge in [-0.15, -0.1) is 0 Å². The summed E-state index contributed by atoms with van der Waals surface area (Å²) in [4.78, 5) is 17.1. The van der Waals surface area contributed by atoms with Crippen LogP contribution in [0.15, 0.2) is 35.2 Å². The fourth-order valence-corrected chi connectivity index (χ4v) is 6.50. The number of nitrogens with zero attached hydrogens (tertiary/aromatic N) is 3. The van der Waals surface area contributed by atoms with Crippen molar-refractivity contribution in [2.45, 2.75) is 58.0 Å². The molecular formula is C29H43N3O5S. The first kappa shape index (κ1) is 30.1. The summed E-state index contributed by atoms with van der Waals surface area (Å²) < 4.78 is 38.4. The SMILES string of the molecule is COc1cc(C)c(S(=O)(=O)N(C)CCOCC(=O)N(C)Cc2ccc3c(c2)CCN(C(C)C)CC3)c(C)c1. The van der Waals surface area contributed by atoms with Crippen molar-refractivity contribution >= 4 is 15.9 Å². The highest BCUT2D eigenvalue weighted by Gasteiger charge is 2.25. The van der Waals surface area contributed by atoms with Crippen LogP contribution in [-0.4, -0.2) is 88.5 Å². The van der Waals surface area contributed by atoms with E-state index in [1.807, 2.05) is 0 Å². The van der Waals surface area contributed by atoms with E-state index >= 15 is 0 Å². The van der Waals surface area contributed by atoms with Crippen LogP contribution in [0.2, 0.25) is 0 Å². The van der Waals surface area contributed by atoms with Crippen LogP contribution in [0.5, 0.6) is 5.75 Å². The van der Waals surface area contributed by atoms with Gasteiger partial charge in [-0.3, -0.25) is 4.79 Å². The fraction of sp³-hybridized carbons (Fsp3) is 0.552. The van der Waals surface area contributed by atoms with Crippen LogP contribution in [0.4, 0.5) is 0 Å². The smallest absolute Gasteiger partial charge is 0.248 e. The van der Waals surface area contributed by atoms with E-state index in [1.165, 1.54) is 22.5 Å². The molecule has 1 amide bonds. The Morgan fingerprint density at radius 2 is 1.66 bits per heavy atom. The second-order valence-electron chi connectivity index (χ2n) is 10.5. The van der Waals surface area contributed by atoms with Crippen molar-refractivity contribution in [1.82, 2.24) is 14.1 Å². The molecule has 38 heavy (non-hydrogen) atoms. The van der Waals surface area contributed by atoms with Gasteiger partial charge in [0.15, 0.2) is 0 Å². The molecule has 1 heterocycles. The summed E-state index contributed by atoms with van der Waals surface area (Å²) in [7, 11) is 1.14. The number of ether oxygens (including phenoxy) is 2. The molecule has 2 aromatic rings. The molecule has 3 rings (SSSR count). The first-order valence-electron chi connectivity index (χ1n) is 13.2. The van der Waals surface area contributed by atoms with Crippen LogP contribution in [0.3, 0.4) is 0 Å². The molecule has 0 aliphatic carbocycles. The Morgan fingerprint density at radius 1 is 1.03 bits per heavy atom. The third kappa shape index (κ3) is 7.34. The third-order valence-electron chi connectivity index (χ3n) is 7.30. The topological polar surface area (TPSA) is 79.4 Å². The number of hydrogen-bond acceptors (Lipinski definition) is 6. The molecule has 0 radical (unpaired) electrons. The van der Waals surface area contributed by atoms with Crippen molar-refractivity contribution in [1.29, 1.82) is 0 Å². The lowest BCUT2D eigenvalue weighted by molar-refractivity contribution is -0.135. The van der Waals surface area contributed by atoms with Gasteiger partial charge >= 0.3 is 0 Å². The summed E-state index contributed by atoms with van der Waals surface area (Å²) in [5.41, 5.74) is 5.12. The zero-order valence-corrected chi connectivity index (χ0v) is 24.7. The highest BCUT2D eigenvalue weighted by molar-refractivity contribution is 7.89. The Kier molecular flexibility index (Phi) is 10.3. The van der Waals surface area contributed by atoms with Crippen LogP contribution in [0.1, 0.15) is 41.7 Å². The maximum Gasteiger partial charge on any atom is 0.248 e. The normalized spacial score (nSPS) is 14.4. The Hall–Kier alpha value is -2.46. The maximum absolute atomic E-state index is 13.1. The molecule has 0 unspecified atom stereocenters. The third-order valence-corrected chi connectivity index (χ3v) is 9.46. The molecule has 1 aliphatic rings. The summed E-state index contributed by atoms with van der Waals surface area (Å²) in [6, 6.07) is 10.5. The number of amides is 1. The molecule has 0 N–H and O–H groups in total. The van der Waals surface area contributed by atoms with Crippen molar-refractivity contribution in [3.05, 3.63) is 58.1 Å². The first-order chi connectivity index (χ1) is 17.9. The van der Waals surface area contributed by atoms with E-state index in [1.54, 1.807) is 45.0 Å². The Balaban J connectivity index is 1.49. The molecular weight excluding hydrogens is 502 g/mol. The number of sulfonamides is 1. The minimum atomic E-state index is -3.70. The summed E-state index contributed by atoms with van der Waals surface area (Å²) in [5, 5.41) is 0. The molecule has 0 spiro atoms. The van der Waals surface area contributed by atoms with Gasteiger partial charge in [-0.25, -0.2) is 8.42 Å². The predicted molar refractivity (Wildman–Crippen MR) is 150 cm³/mol. The van der Waals surface area contributed by atoms with Gasteiger partial charge in [-0.2, -0.15) is 4.31 Å². The van der Waals surface area contributed by atoms with E-state index in [0.717, 1.165) is 31.5 Å². The number of methoxy groups -OCH3 is 1. The standard InChI is InChI=1S/C29H43N3O5S/c1-21(2)32-12-10-25-9-8-24(18-26(25)11-13-32)19-30(5)28(33)20-37-15-14-31(6)38(34,35)29-22(3)16-27(36-7)17-23(29)4/h8-9,16-18,21H,10-15,19-20H2,1-7H3. The molecule has 0 saturated heterocycles. The highest BCUT2D eigenvalue weighted by Crippen LogP contribution is 2.27. The fourth-order valence-electron chi connectivity index (χ4n) is 4.95. The van der Waals surface area contributed by atoms with Gasteiger partial charge < -0.3 is 19.3 Å². The van der Waals surface area contributed by atoms with E-state index in [4.69, 9.17) is 9.47 Å². The number of carbonyl (C=O) groups excluding carboxylic acids is 1. The molecule has 0 saturated carbocycles. The number of likely N-dealkylation sites (N-methyl/N-ethyl adjacent to an activating group) is 2. The molecule has 8 nitrogen and oxygen atoms in total. The summed E-state index contributed by atoms with van der Waals surface area (Å²) in [5.74, 6) is 0.481. The molecule has 1 aliphatic heterocycles. The molecule has 9 heteroatoms. The Labute approximate surface area is 228 Å². The Bertz CT molecular complexity index is 1210. The van der Waals surface area contributed by atoms with Crippen molar-refractivity contribution in [2.24, 2.45) is 0 Å². The van der Waals surface area contributed by atoms with Gasteiger partial charge in [0.25, 0.3) is 0 Å². The van der Waals surface area contributed by atoms with E-state index in [9.17, 15) is 13.2 Å². The number of fused-ring (bicyclic) bond motifs is 1. The zero-order chi connectivity index (χ0) is 28.0. The number of rotatable bonds is 11. The summed E-state index contributed by atoms with van der Waals surface area (Å²) in [6.07, 6.45) is 2.08. The van der Waals surface area contributed by atoms with Crippen molar-refractivity contribution in [3.8, 4) is 5.75 Å². The minimum absolute atomic E-state index is 0.0979. The number of carbonyl (C=O) groups is 1. The van der Waals surface area contributed by atoms with Gasteiger partial charge in [-0.05, 0) is 80.5 Å². The molecule has 0 atom stereocenters. The number of aryl methyl sites for hydroxylation is 2. The molecule has 2 aromatic carbocycles. The van der Waals surface area contributed by atoms with Crippen molar-refractivity contribution in [2.75, 3.05) is 54.1 Å². The lowest BCUT2D eigenvalue weighted by Crippen LogP contribution is -2.33. The maximum atomic E-state index is 13.1. The van der Waals surface area contributed by atoms with E-state index in [-0.39, 0.29) is 30.6 Å². The van der Waals surface area contributed by atoms with Gasteiger partial charge in [0.1, 0.15) is 12.4 Å². The van der Waals surface area contributed by atoms with Crippen LogP contribution in [0, 0.1) is 13.8 Å². The van der Waals surface area contributed by atoms with E-state index < -0.39 is 10.0 Å². The van der Waals surface area contributed by atoms with Crippen molar-refractivity contribution in [3.63, 3.8) is 0 Å². The zero-order valence-electron chi connectivity index (χ0n) is 23.9. The van der Waals surface area contributed by atoms with Crippen LogP contribution < -0.4 is 4.74 Å². The van der Waals surface area contributed by atoms with Crippen LogP contribution in [0.25, 0.3) is 0 Å². The average Bonchev–Trinajstić information content (AvgIpc) is 3.08. The van der Waals surface area contributed by atoms with Gasteiger partial charge in [0.05, 0.1) is 18.6 Å². The lowest BCUT2D eigenvalue weighted by atomic mass is 10.00. The second kappa shape index (κ2) is 13.1. The molecule has 0 bridgehead atoms. The highest BCUT2D eigenvalue weighted by atomic mass is 32.2. The van der Waals surface area contributed by atoms with E-state index in [2.05, 4.69) is 36.9 Å². The quantitative estimate of drug-likeness (QED) is 0.403. The minimum Gasteiger partial charge on any atom is -0.497 e. The average molecular weight is 546 g/mol. The van der Waals surface area contributed by atoms with Gasteiger partial charge in [-0.1, -0.05) is 18.2 Å². The van der Waals surface area contributed by atoms with Crippen LogP contribution >= 0.6 is 0 Å². The Morgan fingerprint density at radius 3 is 2.26 bits per heavy atom. The van der Waals surface area contributed by atoms with Crippen LogP contribution in [-0.2, 0) is 38.9 Å². The summed E-state index contributed by atoms with van der Waals surface area (Å²) in [6.45, 7) is 10.8. The molecule has 0 fully saturated rings. The van der Waals surface area contributed by atoms with E-state index in [0.29, 0.717) is 29.5 Å². The van der Waals surface area contributed by atoms with Crippen molar-refractivity contribution < 1.29 is 22.7 Å². The van der Waals surface area contributed by atoms with Gasteiger partial charge in [0.2, 0.25) is 15.9 Å². The number of benzene rings is 2. The van der Waals surface area contributed by atoms with Gasteiger partial charge in [0, 0.05) is 46.3 Å². The number of hydrogen-bond donors (Lipinski definition) is 0. The monoisotopic (exact) mass is 545 g/mol. The summed E-state index contributed by atoms with van der Waals surface area (Å²) >= 11 is 0. The largest absolute Gasteiger partial charge is 0.497 e. The molecule has 0 aromatic heterocycles.